The summed E-state index contributed by atoms with van der Waals surface area (Å²) in [4.78, 5) is 18.7. The minimum atomic E-state index is 0.563. The third kappa shape index (κ3) is 1.54. The van der Waals surface area contributed by atoms with E-state index in [-0.39, 0.29) is 0 Å². The Labute approximate surface area is 81.2 Å². The summed E-state index contributed by atoms with van der Waals surface area (Å²) >= 11 is 0. The molecule has 0 aliphatic heterocycles. The van der Waals surface area contributed by atoms with Gasteiger partial charge in [0.1, 0.15) is 0 Å². The number of nitrogens with zero attached hydrogens (tertiary/aromatic N) is 3. The Balaban J connectivity index is 2.46. The van der Waals surface area contributed by atoms with Crippen LogP contribution in [0.25, 0.3) is 11.3 Å². The first-order valence-electron chi connectivity index (χ1n) is 4.18. The van der Waals surface area contributed by atoms with Gasteiger partial charge in [-0.15, -0.1) is 0 Å². The largest absolute Gasteiger partial charge is 0.340 e. The minimum Gasteiger partial charge on any atom is -0.340 e. The van der Waals surface area contributed by atoms with Crippen molar-refractivity contribution in [2.75, 3.05) is 0 Å². The zero-order valence-electron chi connectivity index (χ0n) is 7.71. The van der Waals surface area contributed by atoms with Crippen LogP contribution in [0.3, 0.4) is 0 Å². The molecule has 0 saturated carbocycles. The van der Waals surface area contributed by atoms with Gasteiger partial charge in [0.05, 0.1) is 12.0 Å². The first kappa shape index (κ1) is 8.62. The molecule has 0 saturated heterocycles. The molecule has 2 heterocycles. The summed E-state index contributed by atoms with van der Waals surface area (Å²) in [5.41, 5.74) is 2.24. The van der Waals surface area contributed by atoms with Crippen molar-refractivity contribution >= 4 is 6.29 Å². The van der Waals surface area contributed by atoms with E-state index in [0.717, 1.165) is 17.5 Å². The number of aldehydes is 1. The quantitative estimate of drug-likeness (QED) is 0.665. The normalized spacial score (nSPS) is 10.1. The molecule has 0 aromatic carbocycles. The van der Waals surface area contributed by atoms with Crippen LogP contribution in [0.1, 0.15) is 10.4 Å². The number of aryl methyl sites for hydroxylation is 1. The van der Waals surface area contributed by atoms with Gasteiger partial charge in [-0.05, 0) is 6.07 Å². The van der Waals surface area contributed by atoms with Gasteiger partial charge >= 0.3 is 0 Å². The first-order valence-corrected chi connectivity index (χ1v) is 4.18. The molecule has 2 rings (SSSR count). The lowest BCUT2D eigenvalue weighted by Crippen LogP contribution is -1.85. The van der Waals surface area contributed by atoms with Crippen molar-refractivity contribution in [3.05, 3.63) is 36.5 Å². The number of hydrogen-bond acceptors (Lipinski definition) is 3. The van der Waals surface area contributed by atoms with Crippen molar-refractivity contribution in [1.29, 1.82) is 0 Å². The third-order valence-corrected chi connectivity index (χ3v) is 1.90. The fraction of sp³-hybridized carbons (Fsp3) is 0.100. The molecule has 0 unspecified atom stereocenters. The van der Waals surface area contributed by atoms with Crippen molar-refractivity contribution in [3.8, 4) is 11.3 Å². The topological polar surface area (TPSA) is 47.8 Å². The van der Waals surface area contributed by atoms with Crippen LogP contribution >= 0.6 is 0 Å². The SMILES string of the molecule is Cn1cnc(-c2cncc(C=O)c2)c1. The fourth-order valence-electron chi connectivity index (χ4n) is 1.22. The summed E-state index contributed by atoms with van der Waals surface area (Å²) < 4.78 is 1.85. The summed E-state index contributed by atoms with van der Waals surface area (Å²) in [7, 11) is 1.90. The average molecular weight is 187 g/mol. The van der Waals surface area contributed by atoms with Crippen LogP contribution in [0, 0.1) is 0 Å². The molecule has 0 spiro atoms. The van der Waals surface area contributed by atoms with Gasteiger partial charge in [0.15, 0.2) is 6.29 Å². The Morgan fingerprint density at radius 3 is 2.93 bits per heavy atom. The van der Waals surface area contributed by atoms with E-state index in [9.17, 15) is 4.79 Å². The Kier molecular flexibility index (Phi) is 2.10. The van der Waals surface area contributed by atoms with E-state index in [0.29, 0.717) is 5.56 Å². The van der Waals surface area contributed by atoms with Gasteiger partial charge < -0.3 is 4.57 Å². The third-order valence-electron chi connectivity index (χ3n) is 1.90. The van der Waals surface area contributed by atoms with Gasteiger partial charge in [0.2, 0.25) is 0 Å². The zero-order chi connectivity index (χ0) is 9.97. The molecule has 4 heteroatoms. The van der Waals surface area contributed by atoms with Gasteiger partial charge in [-0.2, -0.15) is 0 Å². The molecule has 14 heavy (non-hydrogen) atoms. The van der Waals surface area contributed by atoms with Crippen LogP contribution in [0.2, 0.25) is 0 Å². The van der Waals surface area contributed by atoms with E-state index in [1.165, 1.54) is 6.20 Å². The summed E-state index contributed by atoms with van der Waals surface area (Å²) in [6, 6.07) is 1.77. The van der Waals surface area contributed by atoms with Crippen LogP contribution < -0.4 is 0 Å². The monoisotopic (exact) mass is 187 g/mol. The average Bonchev–Trinajstić information content (AvgIpc) is 2.65. The van der Waals surface area contributed by atoms with Crippen molar-refractivity contribution in [1.82, 2.24) is 14.5 Å². The van der Waals surface area contributed by atoms with Gasteiger partial charge in [0, 0.05) is 36.8 Å². The Hall–Kier alpha value is -1.97. The molecule has 0 aliphatic rings. The molecule has 0 N–H and O–H groups in total. The van der Waals surface area contributed by atoms with E-state index in [1.807, 2.05) is 17.8 Å². The smallest absolute Gasteiger partial charge is 0.151 e. The van der Waals surface area contributed by atoms with E-state index in [2.05, 4.69) is 9.97 Å². The highest BCUT2D eigenvalue weighted by molar-refractivity contribution is 5.77. The Morgan fingerprint density at radius 2 is 2.29 bits per heavy atom. The molecule has 2 aromatic rings. The van der Waals surface area contributed by atoms with Gasteiger partial charge in [-0.1, -0.05) is 0 Å². The number of hydrogen-bond donors (Lipinski definition) is 0. The van der Waals surface area contributed by atoms with Crippen molar-refractivity contribution in [2.24, 2.45) is 7.05 Å². The molecule has 0 aliphatic carbocycles. The maximum Gasteiger partial charge on any atom is 0.151 e. The molecule has 0 radical (unpaired) electrons. The minimum absolute atomic E-state index is 0.563. The number of carbonyl (C=O) groups is 1. The maximum absolute atomic E-state index is 10.5. The highest BCUT2D eigenvalue weighted by Gasteiger charge is 2.01. The predicted octanol–water partition coefficient (Wildman–Crippen LogP) is 1.29. The lowest BCUT2D eigenvalue weighted by atomic mass is 10.2. The Morgan fingerprint density at radius 1 is 1.43 bits per heavy atom. The van der Waals surface area contributed by atoms with Crippen molar-refractivity contribution in [2.45, 2.75) is 0 Å². The van der Waals surface area contributed by atoms with Crippen molar-refractivity contribution in [3.63, 3.8) is 0 Å². The number of imidazole rings is 1. The van der Waals surface area contributed by atoms with Crippen LogP contribution in [0.5, 0.6) is 0 Å². The van der Waals surface area contributed by atoms with Gasteiger partial charge in [0.25, 0.3) is 0 Å². The summed E-state index contributed by atoms with van der Waals surface area (Å²) in [6.07, 6.45) is 7.59. The van der Waals surface area contributed by atoms with E-state index in [4.69, 9.17) is 0 Å². The summed E-state index contributed by atoms with van der Waals surface area (Å²) in [5.74, 6) is 0. The van der Waals surface area contributed by atoms with E-state index < -0.39 is 0 Å². The lowest BCUT2D eigenvalue weighted by Gasteiger charge is -1.95. The number of rotatable bonds is 2. The molecule has 0 amide bonds. The molecule has 0 atom stereocenters. The molecule has 4 nitrogen and oxygen atoms in total. The van der Waals surface area contributed by atoms with Crippen molar-refractivity contribution < 1.29 is 4.79 Å². The van der Waals surface area contributed by atoms with Crippen LogP contribution in [0.4, 0.5) is 0 Å². The second-order valence-electron chi connectivity index (χ2n) is 3.05. The number of aromatic nitrogens is 3. The molecule has 2 aromatic heterocycles. The lowest BCUT2D eigenvalue weighted by molar-refractivity contribution is 0.112. The zero-order valence-corrected chi connectivity index (χ0v) is 7.71. The summed E-state index contributed by atoms with van der Waals surface area (Å²) in [6.45, 7) is 0. The molecule has 70 valence electrons. The molecular formula is C10H9N3O. The predicted molar refractivity (Wildman–Crippen MR) is 51.8 cm³/mol. The van der Waals surface area contributed by atoms with E-state index in [1.54, 1.807) is 18.6 Å². The Bertz CT molecular complexity index is 462. The standard InChI is InChI=1S/C10H9N3O/c1-13-5-10(12-7-13)9-2-8(6-14)3-11-4-9/h2-7H,1H3. The van der Waals surface area contributed by atoms with Gasteiger partial charge in [-0.3, -0.25) is 9.78 Å². The fourth-order valence-corrected chi connectivity index (χ4v) is 1.22. The maximum atomic E-state index is 10.5. The highest BCUT2D eigenvalue weighted by atomic mass is 16.1. The molecule has 0 fully saturated rings. The van der Waals surface area contributed by atoms with Gasteiger partial charge in [-0.25, -0.2) is 4.98 Å². The number of carbonyl (C=O) groups excluding carboxylic acids is 1. The second kappa shape index (κ2) is 3.41. The summed E-state index contributed by atoms with van der Waals surface area (Å²) in [5, 5.41) is 0. The number of pyridine rings is 1. The first-order chi connectivity index (χ1) is 6.79. The van der Waals surface area contributed by atoms with Crippen LogP contribution in [-0.4, -0.2) is 20.8 Å². The highest BCUT2D eigenvalue weighted by Crippen LogP contribution is 2.15. The van der Waals surface area contributed by atoms with E-state index >= 15 is 0 Å². The van der Waals surface area contributed by atoms with Crippen LogP contribution in [-0.2, 0) is 7.05 Å². The molecule has 0 bridgehead atoms. The second-order valence-corrected chi connectivity index (χ2v) is 3.05. The van der Waals surface area contributed by atoms with Crippen LogP contribution in [0.15, 0.2) is 31.0 Å². The molecular weight excluding hydrogens is 178 g/mol.